The van der Waals surface area contributed by atoms with Gasteiger partial charge in [0.1, 0.15) is 5.82 Å². The highest BCUT2D eigenvalue weighted by atomic mass is 32.1. The van der Waals surface area contributed by atoms with Crippen LogP contribution < -0.4 is 5.32 Å². The van der Waals surface area contributed by atoms with E-state index in [0.29, 0.717) is 5.92 Å². The van der Waals surface area contributed by atoms with E-state index in [1.54, 1.807) is 0 Å². The van der Waals surface area contributed by atoms with Crippen LogP contribution in [0.3, 0.4) is 0 Å². The van der Waals surface area contributed by atoms with Crippen LogP contribution in [0.25, 0.3) is 0 Å². The van der Waals surface area contributed by atoms with Crippen LogP contribution in [-0.4, -0.2) is 27.6 Å². The summed E-state index contributed by atoms with van der Waals surface area (Å²) in [7, 11) is 0. The van der Waals surface area contributed by atoms with Crippen LogP contribution in [0.15, 0.2) is 0 Å². The molecule has 15 heavy (non-hydrogen) atoms. The van der Waals surface area contributed by atoms with E-state index in [9.17, 15) is 0 Å². The van der Waals surface area contributed by atoms with Crippen molar-refractivity contribution >= 4 is 16.7 Å². The fraction of sp³-hybridized carbons (Fsp3) is 0.800. The zero-order valence-corrected chi connectivity index (χ0v) is 10.2. The molecule has 1 heterocycles. The van der Waals surface area contributed by atoms with E-state index in [2.05, 4.69) is 28.5 Å². The number of aliphatic hydroxyl groups is 1. The van der Waals surface area contributed by atoms with Crippen molar-refractivity contribution in [1.29, 1.82) is 0 Å². The molecule has 1 aromatic rings. The lowest BCUT2D eigenvalue weighted by Crippen LogP contribution is -2.12. The minimum atomic E-state index is 0.250. The number of rotatable bonds is 7. The lowest BCUT2D eigenvalue weighted by Gasteiger charge is -2.09. The Balaban J connectivity index is 2.30. The number of aryl methyl sites for hydroxylation is 1. The van der Waals surface area contributed by atoms with E-state index >= 15 is 0 Å². The molecule has 0 aromatic carbocycles. The van der Waals surface area contributed by atoms with E-state index < -0.39 is 0 Å². The summed E-state index contributed by atoms with van der Waals surface area (Å²) >= 11 is 1.41. The van der Waals surface area contributed by atoms with Gasteiger partial charge in [-0.3, -0.25) is 0 Å². The van der Waals surface area contributed by atoms with Crippen LogP contribution in [0.4, 0.5) is 5.13 Å². The minimum absolute atomic E-state index is 0.250. The first-order chi connectivity index (χ1) is 7.26. The Kier molecular flexibility index (Phi) is 5.57. The molecule has 0 fully saturated rings. The summed E-state index contributed by atoms with van der Waals surface area (Å²) < 4.78 is 4.25. The highest BCUT2D eigenvalue weighted by Gasteiger charge is 2.05. The van der Waals surface area contributed by atoms with Crippen molar-refractivity contribution in [2.45, 2.75) is 33.1 Å². The summed E-state index contributed by atoms with van der Waals surface area (Å²) in [5, 5.41) is 12.9. The third-order valence-electron chi connectivity index (χ3n) is 2.17. The Bertz CT molecular complexity index is 277. The van der Waals surface area contributed by atoms with Crippen molar-refractivity contribution in [3.63, 3.8) is 0 Å². The number of hydrogen-bond donors (Lipinski definition) is 2. The molecule has 1 unspecified atom stereocenters. The molecular weight excluding hydrogens is 210 g/mol. The van der Waals surface area contributed by atoms with Crippen LogP contribution in [0, 0.1) is 5.92 Å². The fourth-order valence-electron chi connectivity index (χ4n) is 1.23. The van der Waals surface area contributed by atoms with Gasteiger partial charge in [-0.25, -0.2) is 4.98 Å². The molecule has 0 saturated carbocycles. The molecule has 0 aliphatic rings. The van der Waals surface area contributed by atoms with E-state index in [0.717, 1.165) is 36.8 Å². The fourth-order valence-corrected chi connectivity index (χ4v) is 1.85. The molecule has 0 spiro atoms. The Hall–Kier alpha value is -0.680. The monoisotopic (exact) mass is 229 g/mol. The molecule has 1 atom stereocenters. The van der Waals surface area contributed by atoms with Gasteiger partial charge in [0.25, 0.3) is 0 Å². The molecule has 0 amide bonds. The molecule has 5 heteroatoms. The summed E-state index contributed by atoms with van der Waals surface area (Å²) in [5.74, 6) is 1.40. The lowest BCUT2D eigenvalue weighted by atomic mass is 10.1. The number of aromatic nitrogens is 2. The predicted octanol–water partition coefficient (Wildman–Crippen LogP) is 1.92. The van der Waals surface area contributed by atoms with E-state index in [1.165, 1.54) is 11.5 Å². The van der Waals surface area contributed by atoms with Crippen LogP contribution in [0.1, 0.15) is 32.5 Å². The van der Waals surface area contributed by atoms with Crippen molar-refractivity contribution in [1.82, 2.24) is 9.36 Å². The maximum atomic E-state index is 8.75. The van der Waals surface area contributed by atoms with Crippen molar-refractivity contribution < 1.29 is 5.11 Å². The molecular formula is C10H19N3OS. The van der Waals surface area contributed by atoms with Gasteiger partial charge in [-0.2, -0.15) is 4.37 Å². The molecule has 86 valence electrons. The van der Waals surface area contributed by atoms with Gasteiger partial charge in [0.05, 0.1) is 0 Å². The summed E-state index contributed by atoms with van der Waals surface area (Å²) in [6.07, 6.45) is 2.86. The Morgan fingerprint density at radius 3 is 3.00 bits per heavy atom. The van der Waals surface area contributed by atoms with Gasteiger partial charge in [-0.15, -0.1) is 0 Å². The number of anilines is 1. The average molecular weight is 229 g/mol. The molecule has 0 aliphatic heterocycles. The van der Waals surface area contributed by atoms with Gasteiger partial charge < -0.3 is 10.4 Å². The van der Waals surface area contributed by atoms with Gasteiger partial charge in [-0.05, 0) is 18.8 Å². The second-order valence-corrected chi connectivity index (χ2v) is 4.52. The van der Waals surface area contributed by atoms with Crippen molar-refractivity contribution in [3.05, 3.63) is 5.82 Å². The number of aliphatic hydroxyl groups excluding tert-OH is 1. The highest BCUT2D eigenvalue weighted by molar-refractivity contribution is 7.09. The second kappa shape index (κ2) is 6.74. The lowest BCUT2D eigenvalue weighted by molar-refractivity contribution is 0.266. The number of nitrogens with one attached hydrogen (secondary N) is 1. The Labute approximate surface area is 94.9 Å². The van der Waals surface area contributed by atoms with Gasteiger partial charge in [-0.1, -0.05) is 13.8 Å². The molecule has 0 radical (unpaired) electrons. The van der Waals surface area contributed by atoms with Crippen LogP contribution in [0.2, 0.25) is 0 Å². The van der Waals surface area contributed by atoms with Crippen LogP contribution in [-0.2, 0) is 6.42 Å². The molecule has 0 aliphatic carbocycles. The average Bonchev–Trinajstić information content (AvgIpc) is 2.64. The van der Waals surface area contributed by atoms with E-state index in [-0.39, 0.29) is 6.61 Å². The molecule has 4 nitrogen and oxygen atoms in total. The van der Waals surface area contributed by atoms with Crippen molar-refractivity contribution in [2.24, 2.45) is 5.92 Å². The normalized spacial score (nSPS) is 12.7. The highest BCUT2D eigenvalue weighted by Crippen LogP contribution is 2.13. The maximum absolute atomic E-state index is 8.75. The van der Waals surface area contributed by atoms with E-state index in [1.807, 2.05) is 0 Å². The summed E-state index contributed by atoms with van der Waals surface area (Å²) in [5.41, 5.74) is 0. The van der Waals surface area contributed by atoms with Crippen molar-refractivity contribution in [3.8, 4) is 0 Å². The number of nitrogens with zero attached hydrogens (tertiary/aromatic N) is 2. The summed E-state index contributed by atoms with van der Waals surface area (Å²) in [6.45, 7) is 5.33. The third kappa shape index (κ3) is 4.57. The van der Waals surface area contributed by atoms with Gasteiger partial charge in [0, 0.05) is 31.1 Å². The van der Waals surface area contributed by atoms with E-state index in [4.69, 9.17) is 5.11 Å². The molecule has 1 rings (SSSR count). The Morgan fingerprint density at radius 1 is 1.53 bits per heavy atom. The second-order valence-electron chi connectivity index (χ2n) is 3.76. The summed E-state index contributed by atoms with van der Waals surface area (Å²) in [6, 6.07) is 0. The smallest absolute Gasteiger partial charge is 0.202 e. The first-order valence-corrected chi connectivity index (χ1v) is 6.21. The zero-order chi connectivity index (χ0) is 11.1. The van der Waals surface area contributed by atoms with Crippen LogP contribution >= 0.6 is 11.5 Å². The van der Waals surface area contributed by atoms with Crippen molar-refractivity contribution in [2.75, 3.05) is 18.5 Å². The number of hydrogen-bond acceptors (Lipinski definition) is 5. The molecule has 1 aromatic heterocycles. The maximum Gasteiger partial charge on any atom is 0.202 e. The first-order valence-electron chi connectivity index (χ1n) is 5.43. The molecule has 0 saturated heterocycles. The predicted molar refractivity (Wildman–Crippen MR) is 63.3 cm³/mol. The largest absolute Gasteiger partial charge is 0.396 e. The molecule has 0 bridgehead atoms. The van der Waals surface area contributed by atoms with Gasteiger partial charge >= 0.3 is 0 Å². The Morgan fingerprint density at radius 2 is 2.33 bits per heavy atom. The van der Waals surface area contributed by atoms with Gasteiger partial charge in [0.15, 0.2) is 0 Å². The van der Waals surface area contributed by atoms with Gasteiger partial charge in [0.2, 0.25) is 5.13 Å². The van der Waals surface area contributed by atoms with Crippen LogP contribution in [0.5, 0.6) is 0 Å². The zero-order valence-electron chi connectivity index (χ0n) is 9.36. The topological polar surface area (TPSA) is 58.0 Å². The molecule has 2 N–H and O–H groups in total. The summed E-state index contributed by atoms with van der Waals surface area (Å²) in [4.78, 5) is 4.37. The minimum Gasteiger partial charge on any atom is -0.396 e. The standard InChI is InChI=1S/C10H19N3OS/c1-3-4-9-12-10(15-13-9)11-7-8(2)5-6-14/h8,14H,3-7H2,1-2H3,(H,11,12,13). The third-order valence-corrected chi connectivity index (χ3v) is 2.88. The SMILES string of the molecule is CCCc1nsc(NCC(C)CCO)n1. The quantitative estimate of drug-likeness (QED) is 0.750. The first kappa shape index (κ1) is 12.4.